The standard InChI is InChI=1S/C18H26N4OS.HI/c1-13-14(2)24-17(22-13)9-10-20-18(19-3)21-11-15-7-5-6-8-16(15)12-23-4;/h5-8H,9-12H2,1-4H3,(H2,19,20,21);1H. The Morgan fingerprint density at radius 1 is 1.20 bits per heavy atom. The van der Waals surface area contributed by atoms with E-state index < -0.39 is 0 Å². The maximum Gasteiger partial charge on any atom is 0.191 e. The number of hydrogen-bond acceptors (Lipinski definition) is 4. The second-order valence-corrected chi connectivity index (χ2v) is 6.84. The van der Waals surface area contributed by atoms with E-state index in [-0.39, 0.29) is 24.0 Å². The number of aliphatic imine (C=N–C) groups is 1. The number of nitrogens with one attached hydrogen (secondary N) is 2. The van der Waals surface area contributed by atoms with Gasteiger partial charge in [0, 0.05) is 38.5 Å². The van der Waals surface area contributed by atoms with Gasteiger partial charge in [-0.2, -0.15) is 0 Å². The summed E-state index contributed by atoms with van der Waals surface area (Å²) >= 11 is 1.77. The van der Waals surface area contributed by atoms with Gasteiger partial charge in [-0.1, -0.05) is 24.3 Å². The first-order chi connectivity index (χ1) is 11.6. The van der Waals surface area contributed by atoms with E-state index in [2.05, 4.69) is 46.6 Å². The van der Waals surface area contributed by atoms with Crippen molar-refractivity contribution in [1.29, 1.82) is 0 Å². The summed E-state index contributed by atoms with van der Waals surface area (Å²) in [5, 5.41) is 7.86. The molecule has 1 aromatic carbocycles. The van der Waals surface area contributed by atoms with Crippen LogP contribution in [0.25, 0.3) is 0 Å². The zero-order valence-corrected chi connectivity index (χ0v) is 18.4. The smallest absolute Gasteiger partial charge is 0.191 e. The first kappa shape index (κ1) is 21.9. The molecule has 1 aromatic heterocycles. The molecule has 0 amide bonds. The van der Waals surface area contributed by atoms with Crippen LogP contribution < -0.4 is 10.6 Å². The van der Waals surface area contributed by atoms with E-state index in [4.69, 9.17) is 4.74 Å². The van der Waals surface area contributed by atoms with Crippen LogP contribution in [0.5, 0.6) is 0 Å². The van der Waals surface area contributed by atoms with Crippen LogP contribution in [0.4, 0.5) is 0 Å². The molecule has 0 unspecified atom stereocenters. The van der Waals surface area contributed by atoms with Gasteiger partial charge < -0.3 is 15.4 Å². The van der Waals surface area contributed by atoms with Crippen LogP contribution in [-0.2, 0) is 24.3 Å². The van der Waals surface area contributed by atoms with E-state index in [1.165, 1.54) is 21.0 Å². The summed E-state index contributed by atoms with van der Waals surface area (Å²) in [6.07, 6.45) is 0.903. The molecule has 2 aromatic rings. The van der Waals surface area contributed by atoms with Gasteiger partial charge in [-0.25, -0.2) is 4.98 Å². The molecule has 0 spiro atoms. The van der Waals surface area contributed by atoms with Crippen LogP contribution >= 0.6 is 35.3 Å². The number of guanidine groups is 1. The Bertz CT molecular complexity index is 668. The average Bonchev–Trinajstić information content (AvgIpc) is 2.90. The third-order valence-electron chi connectivity index (χ3n) is 3.79. The van der Waals surface area contributed by atoms with E-state index >= 15 is 0 Å². The van der Waals surface area contributed by atoms with Crippen LogP contribution in [0.2, 0.25) is 0 Å². The number of rotatable bonds is 7. The van der Waals surface area contributed by atoms with Gasteiger partial charge in [0.25, 0.3) is 0 Å². The largest absolute Gasteiger partial charge is 0.380 e. The third kappa shape index (κ3) is 6.91. The summed E-state index contributed by atoms with van der Waals surface area (Å²) in [7, 11) is 3.50. The fourth-order valence-electron chi connectivity index (χ4n) is 2.36. The van der Waals surface area contributed by atoms with E-state index in [1.54, 1.807) is 25.5 Å². The molecule has 2 rings (SSSR count). The summed E-state index contributed by atoms with van der Waals surface area (Å²) < 4.78 is 5.25. The molecule has 5 nitrogen and oxygen atoms in total. The normalized spacial score (nSPS) is 11.1. The molecular weight excluding hydrogens is 447 g/mol. The number of aromatic nitrogens is 1. The third-order valence-corrected chi connectivity index (χ3v) is 4.92. The molecule has 0 aliphatic heterocycles. The van der Waals surface area contributed by atoms with Gasteiger partial charge in [0.15, 0.2) is 5.96 Å². The Hall–Kier alpha value is -1.19. The Kier molecular flexibility index (Phi) is 9.99. The van der Waals surface area contributed by atoms with Crippen LogP contribution in [0.1, 0.15) is 26.7 Å². The minimum absolute atomic E-state index is 0. The molecule has 25 heavy (non-hydrogen) atoms. The number of benzene rings is 1. The number of nitrogens with zero attached hydrogens (tertiary/aromatic N) is 2. The lowest BCUT2D eigenvalue weighted by molar-refractivity contribution is 0.184. The van der Waals surface area contributed by atoms with Gasteiger partial charge in [-0.15, -0.1) is 35.3 Å². The van der Waals surface area contributed by atoms with Gasteiger partial charge in [0.05, 0.1) is 17.3 Å². The Morgan fingerprint density at radius 3 is 2.52 bits per heavy atom. The Morgan fingerprint density at radius 2 is 1.92 bits per heavy atom. The highest BCUT2D eigenvalue weighted by molar-refractivity contribution is 14.0. The van der Waals surface area contributed by atoms with Crippen molar-refractivity contribution in [3.05, 3.63) is 51.0 Å². The molecular formula is C18H27IN4OS. The second-order valence-electron chi connectivity index (χ2n) is 5.55. The molecule has 0 aliphatic carbocycles. The van der Waals surface area contributed by atoms with Crippen molar-refractivity contribution in [1.82, 2.24) is 15.6 Å². The quantitative estimate of drug-likeness (QED) is 0.367. The minimum Gasteiger partial charge on any atom is -0.380 e. The van der Waals surface area contributed by atoms with Crippen molar-refractivity contribution in [3.8, 4) is 0 Å². The SMILES string of the molecule is CN=C(NCCc1nc(C)c(C)s1)NCc1ccccc1COC.I. The molecule has 0 saturated carbocycles. The summed E-state index contributed by atoms with van der Waals surface area (Å²) in [6.45, 7) is 6.32. The number of aryl methyl sites for hydroxylation is 2. The van der Waals surface area contributed by atoms with Gasteiger partial charge in [0.1, 0.15) is 0 Å². The lowest BCUT2D eigenvalue weighted by Crippen LogP contribution is -2.38. The number of methoxy groups -OCH3 is 1. The van der Waals surface area contributed by atoms with Crippen LogP contribution in [0.15, 0.2) is 29.3 Å². The lowest BCUT2D eigenvalue weighted by Gasteiger charge is -2.13. The summed E-state index contributed by atoms with van der Waals surface area (Å²) in [6, 6.07) is 8.27. The summed E-state index contributed by atoms with van der Waals surface area (Å²) in [5.41, 5.74) is 3.54. The molecule has 2 N–H and O–H groups in total. The lowest BCUT2D eigenvalue weighted by atomic mass is 10.1. The molecule has 7 heteroatoms. The minimum atomic E-state index is 0. The van der Waals surface area contributed by atoms with Crippen molar-refractivity contribution >= 4 is 41.3 Å². The molecule has 1 heterocycles. The van der Waals surface area contributed by atoms with Crippen molar-refractivity contribution in [2.24, 2.45) is 4.99 Å². The number of halogens is 1. The predicted molar refractivity (Wildman–Crippen MR) is 116 cm³/mol. The van der Waals surface area contributed by atoms with Crippen molar-refractivity contribution < 1.29 is 4.74 Å². The maximum atomic E-state index is 5.25. The maximum absolute atomic E-state index is 5.25. The van der Waals surface area contributed by atoms with Gasteiger partial charge >= 0.3 is 0 Å². The van der Waals surface area contributed by atoms with E-state index in [1.807, 2.05) is 12.1 Å². The molecule has 0 aliphatic rings. The van der Waals surface area contributed by atoms with Gasteiger partial charge in [0.2, 0.25) is 0 Å². The molecule has 0 fully saturated rings. The number of ether oxygens (including phenoxy) is 1. The summed E-state index contributed by atoms with van der Waals surface area (Å²) in [5.74, 6) is 0.798. The van der Waals surface area contributed by atoms with E-state index in [0.717, 1.165) is 24.6 Å². The molecule has 0 atom stereocenters. The molecule has 0 radical (unpaired) electrons. The zero-order valence-electron chi connectivity index (χ0n) is 15.3. The average molecular weight is 474 g/mol. The van der Waals surface area contributed by atoms with Crippen molar-refractivity contribution in [2.75, 3.05) is 20.7 Å². The fraction of sp³-hybridized carbons (Fsp3) is 0.444. The number of thiazole rings is 1. The van der Waals surface area contributed by atoms with E-state index in [0.29, 0.717) is 13.2 Å². The highest BCUT2D eigenvalue weighted by Gasteiger charge is 2.05. The van der Waals surface area contributed by atoms with Gasteiger partial charge in [-0.3, -0.25) is 4.99 Å². The van der Waals surface area contributed by atoms with E-state index in [9.17, 15) is 0 Å². The Labute approximate surface area is 171 Å². The molecule has 138 valence electrons. The Balaban J connectivity index is 0.00000312. The molecule has 0 bridgehead atoms. The molecule has 0 saturated heterocycles. The highest BCUT2D eigenvalue weighted by Crippen LogP contribution is 2.16. The van der Waals surface area contributed by atoms with Crippen LogP contribution in [0, 0.1) is 13.8 Å². The summed E-state index contributed by atoms with van der Waals surface area (Å²) in [4.78, 5) is 10.1. The van der Waals surface area contributed by atoms with Crippen molar-refractivity contribution in [3.63, 3.8) is 0 Å². The first-order valence-electron chi connectivity index (χ1n) is 8.07. The van der Waals surface area contributed by atoms with Gasteiger partial charge in [-0.05, 0) is 25.0 Å². The first-order valence-corrected chi connectivity index (χ1v) is 8.88. The van der Waals surface area contributed by atoms with Crippen LogP contribution in [0.3, 0.4) is 0 Å². The highest BCUT2D eigenvalue weighted by atomic mass is 127. The number of hydrogen-bond donors (Lipinski definition) is 2. The monoisotopic (exact) mass is 474 g/mol. The van der Waals surface area contributed by atoms with Crippen molar-refractivity contribution in [2.45, 2.75) is 33.4 Å². The second kappa shape index (κ2) is 11.4. The zero-order chi connectivity index (χ0) is 17.4. The topological polar surface area (TPSA) is 58.5 Å². The van der Waals surface area contributed by atoms with Crippen LogP contribution in [-0.4, -0.2) is 31.6 Å². The fourth-order valence-corrected chi connectivity index (χ4v) is 3.29. The predicted octanol–water partition coefficient (Wildman–Crippen LogP) is 3.43.